The monoisotopic (exact) mass is 810 g/mol. The van der Waals surface area contributed by atoms with Crippen LogP contribution in [0.3, 0.4) is 0 Å². The Morgan fingerprint density at radius 3 is 0.404 bits per heavy atom. The van der Waals surface area contributed by atoms with Crippen molar-refractivity contribution in [2.75, 3.05) is 169 Å². The third-order valence-corrected chi connectivity index (χ3v) is 28.0. The summed E-state index contributed by atoms with van der Waals surface area (Å²) in [5.74, 6) is 0. The van der Waals surface area contributed by atoms with E-state index in [9.17, 15) is 0 Å². The van der Waals surface area contributed by atoms with Crippen molar-refractivity contribution in [1.82, 2.24) is 56.0 Å². The maximum absolute atomic E-state index is 6.08. The van der Waals surface area contributed by atoms with Crippen molar-refractivity contribution in [2.24, 2.45) is 18.1 Å². The maximum Gasteiger partial charge on any atom is 0.502 e. The summed E-state index contributed by atoms with van der Waals surface area (Å²) in [7, 11) is 36.8. The summed E-state index contributed by atoms with van der Waals surface area (Å²) in [6.45, 7) is 0. The van der Waals surface area contributed by atoms with Gasteiger partial charge in [0, 0.05) is 0 Å². The van der Waals surface area contributed by atoms with Crippen LogP contribution in [-0.2, 0) is 0 Å². The Kier molecular flexibility index (Phi) is 22.5. The predicted octanol–water partition coefficient (Wildman–Crippen LogP) is 2.61. The summed E-state index contributed by atoms with van der Waals surface area (Å²) in [4.78, 5) is 0. The molecular weight excluding hydrogens is 738 g/mol. The fraction of sp³-hybridized carbons (Fsp3) is 1.00. The van der Waals surface area contributed by atoms with Crippen molar-refractivity contribution in [3.63, 3.8) is 0 Å². The largest absolute Gasteiger partial charge is 1.00 e. The molecule has 0 N–H and O–H groups in total. The maximum atomic E-state index is 6.08. The molecule has 0 aliphatic rings. The first-order valence-corrected chi connectivity index (χ1v) is 22.7. The number of halogens is 2. The van der Waals surface area contributed by atoms with Gasteiger partial charge < -0.3 is 12.4 Å². The molecule has 0 atom stereocenters. The van der Waals surface area contributed by atoms with E-state index in [-0.39, 0.29) is 24.8 Å². The van der Waals surface area contributed by atoms with Gasteiger partial charge in [-0.05, 0) is 187 Å². The Balaban J connectivity index is -0.00000968. The SMILES string of the molecule is CN(C)P(=N[P+](N=P(N(C)C)(N(C)C)N(C)C)(N=P(N(C)C)(N(C)C)N(C)C)N=P(N(C)C)(N(C)C)N(C)C)(N(C)C)N(C)C.Cl.[Cl-]. The van der Waals surface area contributed by atoms with Gasteiger partial charge in [0.05, 0.1) is 0 Å². The topological polar surface area (TPSA) is 88.3 Å². The van der Waals surface area contributed by atoms with Gasteiger partial charge in [-0.3, -0.25) is 0 Å². The highest BCUT2D eigenvalue weighted by Crippen LogP contribution is 2.86. The van der Waals surface area contributed by atoms with Crippen molar-refractivity contribution in [2.45, 2.75) is 0 Å². The van der Waals surface area contributed by atoms with E-state index in [2.05, 4.69) is 225 Å². The minimum Gasteiger partial charge on any atom is -1.00 e. The predicted molar refractivity (Wildman–Crippen MR) is 216 cm³/mol. The summed E-state index contributed by atoms with van der Waals surface area (Å²) in [6.07, 6.45) is 0. The molecule has 16 nitrogen and oxygen atoms in total. The first-order chi connectivity index (χ1) is 20.1. The van der Waals surface area contributed by atoms with Gasteiger partial charge in [0.2, 0.25) is 30.0 Å². The molecule has 0 saturated carbocycles. The second-order valence-corrected chi connectivity index (χ2v) is 31.0. The molecule has 0 unspecified atom stereocenters. The quantitative estimate of drug-likeness (QED) is 0.215. The zero-order valence-electron chi connectivity index (χ0n) is 34.2. The van der Waals surface area contributed by atoms with Crippen molar-refractivity contribution in [3.8, 4) is 0 Å². The molecule has 288 valence electrons. The molecule has 0 heterocycles. The summed E-state index contributed by atoms with van der Waals surface area (Å²) in [5.41, 5.74) is 0. The van der Waals surface area contributed by atoms with Crippen LogP contribution in [0.4, 0.5) is 0 Å². The van der Waals surface area contributed by atoms with Gasteiger partial charge in [-0.15, -0.1) is 12.4 Å². The van der Waals surface area contributed by atoms with E-state index in [1.165, 1.54) is 0 Å². The molecule has 0 aliphatic heterocycles. The third kappa shape index (κ3) is 10.3. The second kappa shape index (κ2) is 20.1. The van der Waals surface area contributed by atoms with Gasteiger partial charge in [-0.1, -0.05) is 0 Å². The smallest absolute Gasteiger partial charge is 0.502 e. The lowest BCUT2D eigenvalue weighted by atomic mass is 11.2. The van der Waals surface area contributed by atoms with Crippen molar-refractivity contribution < 1.29 is 12.4 Å². The molecule has 0 rings (SSSR count). The van der Waals surface area contributed by atoms with E-state index < -0.39 is 37.9 Å². The lowest BCUT2D eigenvalue weighted by Gasteiger charge is -2.44. The first kappa shape index (κ1) is 52.8. The highest BCUT2D eigenvalue weighted by Gasteiger charge is 2.56. The van der Waals surface area contributed by atoms with E-state index in [0.717, 1.165) is 0 Å². The van der Waals surface area contributed by atoms with Crippen LogP contribution in [0.2, 0.25) is 0 Å². The zero-order valence-corrected chi connectivity index (χ0v) is 40.2. The standard InChI is InChI=1S/C24H72N16P5.2ClH/c1-29(2)42(30(3)4,31(5)6)25-41(26-43(32(7)8,33(9)10)34(11)12,27-44(35(13)14,36(15)16)37(17)18)28-45(38(19)20,39(21)22)40(23)24;;/h1-24H3;2*1H/q+1;;/p-1. The molecule has 47 heavy (non-hydrogen) atoms. The Hall–Kier alpha value is 1.45. The highest BCUT2D eigenvalue weighted by atomic mass is 35.5. The van der Waals surface area contributed by atoms with Crippen molar-refractivity contribution >= 4 is 50.3 Å². The molecule has 23 heteroatoms. The fourth-order valence-electron chi connectivity index (χ4n) is 6.00. The minimum absolute atomic E-state index is 0. The molecule has 0 aromatic heterocycles. The van der Waals surface area contributed by atoms with Gasteiger partial charge in [0.1, 0.15) is 0 Å². The molecule has 0 aromatic carbocycles. The number of nitrogens with zero attached hydrogens (tertiary/aromatic N) is 16. The summed E-state index contributed by atoms with van der Waals surface area (Å²) < 4.78 is 51.2. The Morgan fingerprint density at radius 2 is 0.340 bits per heavy atom. The van der Waals surface area contributed by atoms with E-state index in [0.29, 0.717) is 0 Å². The van der Waals surface area contributed by atoms with Crippen LogP contribution >= 0.6 is 50.3 Å². The van der Waals surface area contributed by atoms with Crippen LogP contribution in [-0.4, -0.2) is 225 Å². The second-order valence-electron chi connectivity index (χ2n) is 13.2. The molecule has 0 aliphatic carbocycles. The number of hydrogen-bond donors (Lipinski definition) is 0. The summed E-state index contributed by atoms with van der Waals surface area (Å²) in [5, 5.41) is 0. The van der Waals surface area contributed by atoms with E-state index in [1.54, 1.807) is 0 Å². The number of rotatable bonds is 16. The van der Waals surface area contributed by atoms with Crippen LogP contribution < -0.4 is 12.4 Å². The van der Waals surface area contributed by atoms with E-state index >= 15 is 0 Å². The average Bonchev–Trinajstić information content (AvgIpc) is 2.84. The van der Waals surface area contributed by atoms with Crippen LogP contribution in [0.25, 0.3) is 0 Å². The first-order valence-electron chi connectivity index (χ1n) is 14.7. The fourth-order valence-corrected chi connectivity index (χ4v) is 30.2. The molecule has 0 aromatic rings. The number of hydrogen-bond acceptors (Lipinski definition) is 4. The highest BCUT2D eigenvalue weighted by molar-refractivity contribution is 7.87. The van der Waals surface area contributed by atoms with Crippen LogP contribution in [0.15, 0.2) is 18.1 Å². The van der Waals surface area contributed by atoms with Gasteiger partial charge >= 0.3 is 7.87 Å². The Labute approximate surface area is 304 Å². The zero-order chi connectivity index (χ0) is 36.3. The van der Waals surface area contributed by atoms with E-state index in [1.807, 2.05) is 0 Å². The van der Waals surface area contributed by atoms with Crippen molar-refractivity contribution in [3.05, 3.63) is 0 Å². The van der Waals surface area contributed by atoms with Gasteiger partial charge in [-0.25, -0.2) is 56.0 Å². The molecule has 0 radical (unpaired) electrons. The lowest BCUT2D eigenvalue weighted by molar-refractivity contribution is -0.0000113. The Morgan fingerprint density at radius 1 is 0.255 bits per heavy atom. The van der Waals surface area contributed by atoms with Crippen LogP contribution in [0, 0.1) is 0 Å². The van der Waals surface area contributed by atoms with Gasteiger partial charge in [0.15, 0.2) is 0 Å². The van der Waals surface area contributed by atoms with Gasteiger partial charge in [0.25, 0.3) is 0 Å². The third-order valence-electron chi connectivity index (χ3n) is 7.40. The molecule has 0 spiro atoms. The van der Waals surface area contributed by atoms with Crippen molar-refractivity contribution in [1.29, 1.82) is 0 Å². The molecule has 0 bridgehead atoms. The lowest BCUT2D eigenvalue weighted by Crippen LogP contribution is -3.00. The van der Waals surface area contributed by atoms with Crippen LogP contribution in [0.1, 0.15) is 0 Å². The van der Waals surface area contributed by atoms with Crippen LogP contribution in [0.5, 0.6) is 0 Å². The normalized spacial score (nSPS) is 14.2. The Bertz CT molecular complexity index is 888. The molecule has 0 fully saturated rings. The molecule has 0 amide bonds. The minimum atomic E-state index is -3.43. The summed E-state index contributed by atoms with van der Waals surface area (Å²) in [6, 6.07) is 0. The average molecular weight is 812 g/mol. The van der Waals surface area contributed by atoms with E-state index in [4.69, 9.17) is 18.1 Å². The molecule has 0 saturated heterocycles. The summed E-state index contributed by atoms with van der Waals surface area (Å²) >= 11 is 0. The van der Waals surface area contributed by atoms with Gasteiger partial charge in [-0.2, -0.15) is 0 Å². The molecular formula is C24H73Cl2N16P5.